The summed E-state index contributed by atoms with van der Waals surface area (Å²) in [5, 5.41) is 0. The van der Waals surface area contributed by atoms with Gasteiger partial charge in [-0.2, -0.15) is 0 Å². The van der Waals surface area contributed by atoms with Crippen LogP contribution in [0.25, 0.3) is 0 Å². The molecule has 10 nitrogen and oxygen atoms in total. The molecule has 0 amide bonds. The average Bonchev–Trinajstić information content (AvgIpc) is 4.04. The fourth-order valence-electron chi connectivity index (χ4n) is 7.51. The minimum Gasteiger partial charge on any atom is -0.465 e. The molecule has 2 saturated heterocycles. The number of ether oxygens (including phenoxy) is 6. The van der Waals surface area contributed by atoms with Gasteiger partial charge in [-0.1, -0.05) is 97.3 Å². The van der Waals surface area contributed by atoms with Crippen LogP contribution in [0, 0.1) is 23.7 Å². The predicted molar refractivity (Wildman–Crippen MR) is 183 cm³/mol. The van der Waals surface area contributed by atoms with Gasteiger partial charge in [0.25, 0.3) is 0 Å². The van der Waals surface area contributed by atoms with Crippen molar-refractivity contribution >= 4 is 23.9 Å². The van der Waals surface area contributed by atoms with Crippen LogP contribution < -0.4 is 0 Å². The van der Waals surface area contributed by atoms with E-state index in [9.17, 15) is 19.2 Å². The van der Waals surface area contributed by atoms with Crippen LogP contribution in [0.1, 0.15) is 149 Å². The van der Waals surface area contributed by atoms with Crippen LogP contribution in [-0.4, -0.2) is 74.7 Å². The first-order valence-electron chi connectivity index (χ1n) is 19.9. The van der Waals surface area contributed by atoms with Crippen LogP contribution in [0.3, 0.4) is 0 Å². The second-order valence-electron chi connectivity index (χ2n) is 14.8. The number of hydrogen-bond donors (Lipinski definition) is 0. The number of carbonyl (C=O) groups is 4. The molecule has 0 aromatic rings. The van der Waals surface area contributed by atoms with Crippen molar-refractivity contribution in [3.63, 3.8) is 0 Å². The zero-order valence-corrected chi connectivity index (χ0v) is 30.4. The van der Waals surface area contributed by atoms with Crippen molar-refractivity contribution in [1.29, 1.82) is 0 Å². The van der Waals surface area contributed by atoms with Crippen molar-refractivity contribution in [1.82, 2.24) is 0 Å². The minimum atomic E-state index is -0.454. The van der Waals surface area contributed by atoms with Gasteiger partial charge in [0.1, 0.15) is 0 Å². The molecule has 280 valence electrons. The lowest BCUT2D eigenvalue weighted by Crippen LogP contribution is -2.37. The van der Waals surface area contributed by atoms with Gasteiger partial charge in [0.05, 0.1) is 74.5 Å². The number of fused-ring (bicyclic) bond motifs is 2. The number of unbranched alkanes of at least 4 members (excludes halogenated alkanes) is 14. The molecule has 8 atom stereocenters. The zero-order valence-electron chi connectivity index (χ0n) is 30.4. The highest BCUT2D eigenvalue weighted by Gasteiger charge is 2.54. The zero-order chi connectivity index (χ0) is 34.8. The van der Waals surface area contributed by atoms with E-state index in [1.54, 1.807) is 0 Å². The molecule has 0 radical (unpaired) electrons. The highest BCUT2D eigenvalue weighted by molar-refractivity contribution is 5.83. The Morgan fingerprint density at radius 3 is 0.857 bits per heavy atom. The van der Waals surface area contributed by atoms with Crippen molar-refractivity contribution in [2.75, 3.05) is 26.4 Å². The molecule has 2 aliphatic carbocycles. The normalized spacial score (nSPS) is 28.1. The van der Waals surface area contributed by atoms with Crippen molar-refractivity contribution in [2.24, 2.45) is 23.7 Å². The number of carbonyl (C=O) groups excluding carboxylic acids is 4. The van der Waals surface area contributed by atoms with Crippen LogP contribution in [-0.2, 0) is 47.6 Å². The van der Waals surface area contributed by atoms with Crippen molar-refractivity contribution in [2.45, 2.75) is 173 Å². The van der Waals surface area contributed by atoms with Crippen LogP contribution in [0.5, 0.6) is 0 Å². The van der Waals surface area contributed by atoms with E-state index in [0.29, 0.717) is 52.1 Å². The lowest BCUT2D eigenvalue weighted by atomic mass is 9.79. The average molecular weight is 693 g/mol. The van der Waals surface area contributed by atoms with E-state index in [2.05, 4.69) is 13.8 Å². The Morgan fingerprint density at radius 1 is 0.388 bits per heavy atom. The molecule has 10 heteroatoms. The summed E-state index contributed by atoms with van der Waals surface area (Å²) in [7, 11) is 0. The monoisotopic (exact) mass is 692 g/mol. The van der Waals surface area contributed by atoms with E-state index in [4.69, 9.17) is 28.4 Å². The summed E-state index contributed by atoms with van der Waals surface area (Å²) in [5.74, 6) is -2.91. The van der Waals surface area contributed by atoms with Crippen molar-refractivity contribution in [3.8, 4) is 0 Å². The summed E-state index contributed by atoms with van der Waals surface area (Å²) in [5.41, 5.74) is 0. The first-order valence-corrected chi connectivity index (χ1v) is 19.9. The first kappa shape index (κ1) is 39.6. The van der Waals surface area contributed by atoms with Gasteiger partial charge in [-0.05, 0) is 51.4 Å². The Kier molecular flexibility index (Phi) is 17.7. The topological polar surface area (TPSA) is 130 Å². The van der Waals surface area contributed by atoms with Gasteiger partial charge in [0, 0.05) is 0 Å². The quantitative estimate of drug-likeness (QED) is 0.0391. The van der Waals surface area contributed by atoms with Crippen LogP contribution >= 0.6 is 0 Å². The smallest absolute Gasteiger partial charge is 0.309 e. The maximum absolute atomic E-state index is 12.8. The Hall–Kier alpha value is -2.20. The molecular weight excluding hydrogens is 628 g/mol. The lowest BCUT2D eigenvalue weighted by Gasteiger charge is -2.26. The Bertz CT molecular complexity index is 938. The van der Waals surface area contributed by atoms with Crippen LogP contribution in [0.2, 0.25) is 0 Å². The molecule has 0 spiro atoms. The van der Waals surface area contributed by atoms with Crippen molar-refractivity contribution < 1.29 is 47.6 Å². The maximum atomic E-state index is 12.8. The van der Waals surface area contributed by atoms with E-state index in [1.807, 2.05) is 0 Å². The number of epoxide rings is 2. The summed E-state index contributed by atoms with van der Waals surface area (Å²) in [6, 6.07) is 0. The summed E-state index contributed by atoms with van der Waals surface area (Å²) >= 11 is 0. The number of esters is 4. The first-order chi connectivity index (χ1) is 23.9. The van der Waals surface area contributed by atoms with Crippen LogP contribution in [0.4, 0.5) is 0 Å². The summed E-state index contributed by atoms with van der Waals surface area (Å²) in [6.45, 7) is 5.86. The Morgan fingerprint density at radius 2 is 0.612 bits per heavy atom. The molecule has 0 N–H and O–H groups in total. The Balaban J connectivity index is 0.945. The van der Waals surface area contributed by atoms with E-state index in [-0.39, 0.29) is 48.3 Å². The predicted octanol–water partition coefficient (Wildman–Crippen LogP) is 7.42. The van der Waals surface area contributed by atoms with Gasteiger partial charge >= 0.3 is 23.9 Å². The number of rotatable bonds is 26. The lowest BCUT2D eigenvalue weighted by molar-refractivity contribution is -0.162. The number of hydrogen-bond acceptors (Lipinski definition) is 10. The highest BCUT2D eigenvalue weighted by atomic mass is 16.6. The third-order valence-corrected chi connectivity index (χ3v) is 10.8. The summed E-state index contributed by atoms with van der Waals surface area (Å²) in [6.07, 6.45) is 20.5. The van der Waals surface area contributed by atoms with Crippen molar-refractivity contribution in [3.05, 3.63) is 0 Å². The molecule has 2 aliphatic heterocycles. The SMILES string of the molecule is CCCCCOC(=O)C1CC2OC2CC1C(=O)OCCCCCCCCCCCCCOC(=O)C1CC2OC2CC1C(=O)OCCCCC. The molecule has 49 heavy (non-hydrogen) atoms. The van der Waals surface area contributed by atoms with Gasteiger partial charge in [-0.3, -0.25) is 19.2 Å². The highest BCUT2D eigenvalue weighted by Crippen LogP contribution is 2.45. The molecule has 4 fully saturated rings. The summed E-state index contributed by atoms with van der Waals surface area (Å²) < 4.78 is 33.4. The van der Waals surface area contributed by atoms with Gasteiger partial charge in [-0.25, -0.2) is 0 Å². The van der Waals surface area contributed by atoms with Gasteiger partial charge in [0.2, 0.25) is 0 Å². The van der Waals surface area contributed by atoms with Gasteiger partial charge in [-0.15, -0.1) is 0 Å². The maximum Gasteiger partial charge on any atom is 0.309 e. The molecule has 0 aromatic heterocycles. The third-order valence-electron chi connectivity index (χ3n) is 10.8. The minimum absolute atomic E-state index is 0.0899. The molecule has 4 rings (SSSR count). The van der Waals surface area contributed by atoms with E-state index < -0.39 is 23.7 Å². The van der Waals surface area contributed by atoms with E-state index in [1.165, 1.54) is 32.1 Å². The summed E-state index contributed by atoms with van der Waals surface area (Å²) in [4.78, 5) is 51.0. The van der Waals surface area contributed by atoms with E-state index in [0.717, 1.165) is 77.0 Å². The van der Waals surface area contributed by atoms with Gasteiger partial charge in [0.15, 0.2) is 0 Å². The third kappa shape index (κ3) is 13.8. The molecule has 0 aromatic carbocycles. The largest absolute Gasteiger partial charge is 0.465 e. The standard InChI is InChI=1S/C39H64O10/c1-3-5-16-20-44-36(40)28-24-32-34(48-32)26-30(28)38(42)46-22-18-14-12-10-8-7-9-11-13-15-19-23-47-39(43)31-27-35-33(49-35)25-29(31)37(41)45-21-17-6-4-2/h28-35H,3-27H2,1-2H3. The molecule has 2 heterocycles. The fourth-order valence-corrected chi connectivity index (χ4v) is 7.51. The second kappa shape index (κ2) is 21.9. The molecule has 0 bridgehead atoms. The fraction of sp³-hybridized carbons (Fsp3) is 0.897. The molecular formula is C39H64O10. The van der Waals surface area contributed by atoms with Crippen LogP contribution in [0.15, 0.2) is 0 Å². The molecule has 8 unspecified atom stereocenters. The molecule has 2 saturated carbocycles. The molecule has 4 aliphatic rings. The van der Waals surface area contributed by atoms with E-state index >= 15 is 0 Å². The second-order valence-corrected chi connectivity index (χ2v) is 14.8. The Labute approximate surface area is 294 Å². The van der Waals surface area contributed by atoms with Gasteiger partial charge < -0.3 is 28.4 Å².